The average Bonchev–Trinajstić information content (AvgIpc) is 2.43. The van der Waals surface area contributed by atoms with Crippen LogP contribution in [0.4, 0.5) is 0 Å². The number of aromatic hydroxyl groups is 1. The van der Waals surface area contributed by atoms with Crippen molar-refractivity contribution in [1.82, 2.24) is 4.90 Å². The third-order valence-corrected chi connectivity index (χ3v) is 2.91. The van der Waals surface area contributed by atoms with Gasteiger partial charge in [0.15, 0.2) is 0 Å². The highest BCUT2D eigenvalue weighted by molar-refractivity contribution is 5.39. The van der Waals surface area contributed by atoms with Crippen molar-refractivity contribution < 1.29 is 19.3 Å². The first-order chi connectivity index (χ1) is 9.21. The first-order valence-electron chi connectivity index (χ1n) is 6.27. The molecule has 0 spiro atoms. The predicted molar refractivity (Wildman–Crippen MR) is 73.7 cm³/mol. The Morgan fingerprint density at radius 2 is 1.68 bits per heavy atom. The molecule has 0 saturated carbocycles. The summed E-state index contributed by atoms with van der Waals surface area (Å²) >= 11 is 0. The van der Waals surface area contributed by atoms with Gasteiger partial charge in [0.1, 0.15) is 11.5 Å². The normalized spacial score (nSPS) is 10.9. The summed E-state index contributed by atoms with van der Waals surface area (Å²) in [5, 5.41) is 9.95. The number of methoxy groups -OCH3 is 3. The van der Waals surface area contributed by atoms with Crippen molar-refractivity contribution in [3.8, 4) is 11.5 Å². The van der Waals surface area contributed by atoms with E-state index in [0.717, 1.165) is 18.7 Å². The van der Waals surface area contributed by atoms with Crippen LogP contribution in [0.1, 0.15) is 5.56 Å². The van der Waals surface area contributed by atoms with Crippen LogP contribution in [0.5, 0.6) is 11.5 Å². The fourth-order valence-corrected chi connectivity index (χ4v) is 1.76. The van der Waals surface area contributed by atoms with Gasteiger partial charge in [-0.25, -0.2) is 0 Å². The van der Waals surface area contributed by atoms with Gasteiger partial charge in [0.2, 0.25) is 0 Å². The van der Waals surface area contributed by atoms with E-state index in [9.17, 15) is 5.11 Å². The van der Waals surface area contributed by atoms with E-state index in [-0.39, 0.29) is 5.75 Å². The van der Waals surface area contributed by atoms with E-state index < -0.39 is 0 Å². The second kappa shape index (κ2) is 8.74. The zero-order valence-corrected chi connectivity index (χ0v) is 11.9. The Morgan fingerprint density at radius 3 is 2.16 bits per heavy atom. The predicted octanol–water partition coefficient (Wildman–Crippen LogP) is 1.50. The third-order valence-electron chi connectivity index (χ3n) is 2.91. The lowest BCUT2D eigenvalue weighted by atomic mass is 10.1. The molecule has 19 heavy (non-hydrogen) atoms. The van der Waals surface area contributed by atoms with Crippen molar-refractivity contribution >= 4 is 0 Å². The van der Waals surface area contributed by atoms with Crippen LogP contribution in [-0.2, 0) is 16.0 Å². The van der Waals surface area contributed by atoms with Gasteiger partial charge in [-0.15, -0.1) is 0 Å². The molecule has 1 aromatic carbocycles. The molecule has 0 saturated heterocycles. The molecule has 0 heterocycles. The van der Waals surface area contributed by atoms with Crippen LogP contribution in [0.3, 0.4) is 0 Å². The van der Waals surface area contributed by atoms with E-state index in [1.165, 1.54) is 0 Å². The summed E-state index contributed by atoms with van der Waals surface area (Å²) in [5.74, 6) is 0.903. The molecule has 0 aliphatic rings. The molecule has 0 radical (unpaired) electrons. The number of benzene rings is 1. The third kappa shape index (κ3) is 5.46. The summed E-state index contributed by atoms with van der Waals surface area (Å²) in [7, 11) is 4.94. The second-order valence-electron chi connectivity index (χ2n) is 4.26. The second-order valence-corrected chi connectivity index (χ2v) is 4.26. The monoisotopic (exact) mass is 269 g/mol. The molecule has 1 N–H and O–H groups in total. The van der Waals surface area contributed by atoms with E-state index in [1.54, 1.807) is 27.4 Å². The highest BCUT2D eigenvalue weighted by Gasteiger charge is 2.09. The minimum atomic E-state index is 0.249. The standard InChI is InChI=1S/C14H23NO4/c1-17-8-6-15(7-9-18-2)11-12-4-5-13(19-3)10-14(12)16/h4-5,10,16H,6-9,11H2,1-3H3. The summed E-state index contributed by atoms with van der Waals surface area (Å²) in [4.78, 5) is 2.18. The smallest absolute Gasteiger partial charge is 0.123 e. The Morgan fingerprint density at radius 1 is 1.05 bits per heavy atom. The van der Waals surface area contributed by atoms with Gasteiger partial charge in [-0.2, -0.15) is 0 Å². The summed E-state index contributed by atoms with van der Waals surface area (Å²) < 4.78 is 15.3. The molecule has 5 nitrogen and oxygen atoms in total. The summed E-state index contributed by atoms with van der Waals surface area (Å²) in [6.45, 7) is 3.56. The summed E-state index contributed by atoms with van der Waals surface area (Å²) in [6.07, 6.45) is 0. The van der Waals surface area contributed by atoms with Crippen LogP contribution in [0.15, 0.2) is 18.2 Å². The van der Waals surface area contributed by atoms with E-state index in [2.05, 4.69) is 4.90 Å². The van der Waals surface area contributed by atoms with Gasteiger partial charge in [0, 0.05) is 45.5 Å². The van der Waals surface area contributed by atoms with Gasteiger partial charge < -0.3 is 19.3 Å². The van der Waals surface area contributed by atoms with Crippen LogP contribution >= 0.6 is 0 Å². The fraction of sp³-hybridized carbons (Fsp3) is 0.571. The number of phenolic OH excluding ortho intramolecular Hbond substituents is 1. The summed E-state index contributed by atoms with van der Waals surface area (Å²) in [5.41, 5.74) is 0.869. The van der Waals surface area contributed by atoms with Crippen LogP contribution in [0.25, 0.3) is 0 Å². The Hall–Kier alpha value is -1.30. The highest BCUT2D eigenvalue weighted by Crippen LogP contribution is 2.24. The largest absolute Gasteiger partial charge is 0.507 e. The molecule has 0 atom stereocenters. The average molecular weight is 269 g/mol. The molecule has 108 valence electrons. The lowest BCUT2D eigenvalue weighted by Gasteiger charge is -2.22. The Bertz CT molecular complexity index is 362. The van der Waals surface area contributed by atoms with Crippen molar-refractivity contribution in [2.24, 2.45) is 0 Å². The first-order valence-corrected chi connectivity index (χ1v) is 6.27. The molecule has 5 heteroatoms. The number of hydrogen-bond donors (Lipinski definition) is 1. The van der Waals surface area contributed by atoms with Crippen molar-refractivity contribution in [3.05, 3.63) is 23.8 Å². The maximum absolute atomic E-state index is 9.95. The van der Waals surface area contributed by atoms with Gasteiger partial charge in [0.05, 0.1) is 20.3 Å². The van der Waals surface area contributed by atoms with E-state index in [4.69, 9.17) is 14.2 Å². The number of nitrogens with zero attached hydrogens (tertiary/aromatic N) is 1. The Balaban J connectivity index is 2.65. The Kier molecular flexibility index (Phi) is 7.25. The van der Waals surface area contributed by atoms with Crippen molar-refractivity contribution in [2.75, 3.05) is 47.6 Å². The zero-order valence-electron chi connectivity index (χ0n) is 11.9. The van der Waals surface area contributed by atoms with Gasteiger partial charge in [-0.05, 0) is 6.07 Å². The molecule has 1 rings (SSSR count). The van der Waals surface area contributed by atoms with Gasteiger partial charge in [-0.3, -0.25) is 4.90 Å². The van der Waals surface area contributed by atoms with Crippen molar-refractivity contribution in [1.29, 1.82) is 0 Å². The zero-order chi connectivity index (χ0) is 14.1. The SMILES string of the molecule is COCCN(CCOC)Cc1ccc(OC)cc1O. The fourth-order valence-electron chi connectivity index (χ4n) is 1.76. The first kappa shape index (κ1) is 15.8. The van der Waals surface area contributed by atoms with E-state index in [1.807, 2.05) is 12.1 Å². The van der Waals surface area contributed by atoms with Crippen LogP contribution < -0.4 is 4.74 Å². The highest BCUT2D eigenvalue weighted by atomic mass is 16.5. The van der Waals surface area contributed by atoms with Crippen LogP contribution in [0.2, 0.25) is 0 Å². The Labute approximate surface area is 114 Å². The molecule has 0 aliphatic carbocycles. The number of hydrogen-bond acceptors (Lipinski definition) is 5. The molecular formula is C14H23NO4. The minimum absolute atomic E-state index is 0.249. The minimum Gasteiger partial charge on any atom is -0.507 e. The number of ether oxygens (including phenoxy) is 3. The maximum atomic E-state index is 9.95. The van der Waals surface area contributed by atoms with E-state index >= 15 is 0 Å². The molecule has 0 aromatic heterocycles. The maximum Gasteiger partial charge on any atom is 0.123 e. The molecule has 1 aromatic rings. The molecule has 0 unspecified atom stereocenters. The van der Waals surface area contributed by atoms with Crippen LogP contribution in [-0.4, -0.2) is 57.6 Å². The summed E-state index contributed by atoms with van der Waals surface area (Å²) in [6, 6.07) is 5.35. The molecule has 0 amide bonds. The molecular weight excluding hydrogens is 246 g/mol. The molecule has 0 aliphatic heterocycles. The molecule has 0 bridgehead atoms. The van der Waals surface area contributed by atoms with Gasteiger partial charge in [-0.1, -0.05) is 6.07 Å². The van der Waals surface area contributed by atoms with Crippen molar-refractivity contribution in [3.63, 3.8) is 0 Å². The quantitative estimate of drug-likeness (QED) is 0.736. The topological polar surface area (TPSA) is 51.2 Å². The van der Waals surface area contributed by atoms with Gasteiger partial charge in [0.25, 0.3) is 0 Å². The molecule has 0 fully saturated rings. The van der Waals surface area contributed by atoms with Crippen molar-refractivity contribution in [2.45, 2.75) is 6.54 Å². The van der Waals surface area contributed by atoms with Crippen LogP contribution in [0, 0.1) is 0 Å². The lowest BCUT2D eigenvalue weighted by molar-refractivity contribution is 0.110. The number of phenols is 1. The number of rotatable bonds is 9. The van der Waals surface area contributed by atoms with Gasteiger partial charge >= 0.3 is 0 Å². The lowest BCUT2D eigenvalue weighted by Crippen LogP contribution is -2.30. The van der Waals surface area contributed by atoms with E-state index in [0.29, 0.717) is 25.5 Å².